The van der Waals surface area contributed by atoms with Crippen molar-refractivity contribution in [3.63, 3.8) is 0 Å². The molecule has 0 atom stereocenters. The minimum Gasteiger partial charge on any atom is -0.352 e. The molecular weight excluding hydrogens is 383 g/mol. The minimum absolute atomic E-state index is 0.110. The molecule has 0 amide bonds. The number of H-pyrrole nitrogens is 1. The summed E-state index contributed by atoms with van der Waals surface area (Å²) in [7, 11) is 1.51. The van der Waals surface area contributed by atoms with Crippen molar-refractivity contribution in [2.45, 2.75) is 33.0 Å². The Labute approximate surface area is 166 Å². The van der Waals surface area contributed by atoms with Gasteiger partial charge in [-0.3, -0.25) is 4.79 Å². The Morgan fingerprint density at radius 2 is 1.93 bits per heavy atom. The normalized spacial score (nSPS) is 13.5. The van der Waals surface area contributed by atoms with Crippen molar-refractivity contribution in [1.29, 1.82) is 0 Å². The van der Waals surface area contributed by atoms with Crippen molar-refractivity contribution in [3.05, 3.63) is 64.0 Å². The molecule has 1 aliphatic heterocycles. The highest BCUT2D eigenvalue weighted by Gasteiger charge is 2.34. The van der Waals surface area contributed by atoms with E-state index in [2.05, 4.69) is 15.0 Å². The van der Waals surface area contributed by atoms with Gasteiger partial charge in [-0.2, -0.15) is 13.2 Å². The molecule has 154 valence electrons. The Morgan fingerprint density at radius 3 is 2.55 bits per heavy atom. The maximum atomic E-state index is 12.8. The number of fused-ring (bicyclic) bond motifs is 1. The highest BCUT2D eigenvalue weighted by Crippen LogP contribution is 2.31. The van der Waals surface area contributed by atoms with Crippen LogP contribution in [-0.2, 0) is 26.2 Å². The zero-order valence-electron chi connectivity index (χ0n) is 16.4. The van der Waals surface area contributed by atoms with Crippen molar-refractivity contribution >= 4 is 5.82 Å². The lowest BCUT2D eigenvalue weighted by Crippen LogP contribution is -2.35. The molecule has 29 heavy (non-hydrogen) atoms. The maximum absolute atomic E-state index is 12.8. The quantitative estimate of drug-likeness (QED) is 0.705. The Kier molecular flexibility index (Phi) is 5.76. The summed E-state index contributed by atoms with van der Waals surface area (Å²) in [5, 5.41) is 0. The zero-order valence-corrected chi connectivity index (χ0v) is 16.4. The fraction of sp³-hybridized carbons (Fsp3) is 0.350. The van der Waals surface area contributed by atoms with E-state index >= 15 is 0 Å². The molecule has 1 N–H and O–H groups in total. The molecule has 3 aromatic rings. The van der Waals surface area contributed by atoms with Crippen LogP contribution in [0.1, 0.15) is 30.7 Å². The van der Waals surface area contributed by atoms with Gasteiger partial charge in [-0.1, -0.05) is 13.8 Å². The van der Waals surface area contributed by atoms with Crippen molar-refractivity contribution in [1.82, 2.24) is 19.5 Å². The molecule has 0 bridgehead atoms. The molecule has 0 aromatic carbocycles. The topological polar surface area (TPSA) is 66.8 Å². The van der Waals surface area contributed by atoms with Gasteiger partial charge in [0.25, 0.3) is 5.56 Å². The van der Waals surface area contributed by atoms with Crippen molar-refractivity contribution in [3.8, 4) is 11.4 Å². The molecular formula is C20H22F3N5O. The number of imidazole rings is 1. The van der Waals surface area contributed by atoms with E-state index in [1.54, 1.807) is 18.3 Å². The van der Waals surface area contributed by atoms with Crippen LogP contribution >= 0.6 is 0 Å². The summed E-state index contributed by atoms with van der Waals surface area (Å²) >= 11 is 0. The van der Waals surface area contributed by atoms with Crippen molar-refractivity contribution < 1.29 is 13.2 Å². The lowest BCUT2D eigenvalue weighted by atomic mass is 10.0. The van der Waals surface area contributed by atoms with Gasteiger partial charge in [0, 0.05) is 43.3 Å². The summed E-state index contributed by atoms with van der Waals surface area (Å²) in [5.41, 5.74) is 1.19. The van der Waals surface area contributed by atoms with E-state index in [1.165, 1.54) is 17.8 Å². The summed E-state index contributed by atoms with van der Waals surface area (Å²) in [6.45, 7) is 5.15. The van der Waals surface area contributed by atoms with Crippen LogP contribution < -0.4 is 10.5 Å². The molecule has 0 radical (unpaired) electrons. The summed E-state index contributed by atoms with van der Waals surface area (Å²) in [6.07, 6.45) is 0.347. The van der Waals surface area contributed by atoms with Crippen LogP contribution in [0.15, 0.2) is 41.6 Å². The van der Waals surface area contributed by atoms with E-state index < -0.39 is 11.9 Å². The zero-order chi connectivity index (χ0) is 21.2. The van der Waals surface area contributed by atoms with Crippen LogP contribution in [0.4, 0.5) is 19.0 Å². The minimum atomic E-state index is -4.49. The first kappa shape index (κ1) is 20.6. The van der Waals surface area contributed by atoms with Gasteiger partial charge in [0.05, 0.1) is 6.54 Å². The average Bonchev–Trinajstić information content (AvgIpc) is 3.12. The SMILES string of the molecule is CC.Cn1cc(C(F)(F)F)nc1-c1ccc(N2CCc3cc[nH]c(=O)c3C2)nc1. The predicted molar refractivity (Wildman–Crippen MR) is 105 cm³/mol. The first-order valence-electron chi connectivity index (χ1n) is 9.34. The number of anilines is 1. The maximum Gasteiger partial charge on any atom is 0.434 e. The molecule has 4 rings (SSSR count). The van der Waals surface area contributed by atoms with E-state index in [0.29, 0.717) is 30.0 Å². The molecule has 0 unspecified atom stereocenters. The summed E-state index contributed by atoms with van der Waals surface area (Å²) in [4.78, 5) is 24.7. The number of alkyl halides is 3. The van der Waals surface area contributed by atoms with Crippen LogP contribution in [0, 0.1) is 0 Å². The Balaban J connectivity index is 0.00000117. The number of rotatable bonds is 2. The number of aromatic nitrogens is 4. The largest absolute Gasteiger partial charge is 0.434 e. The van der Waals surface area contributed by atoms with Gasteiger partial charge in [0.1, 0.15) is 11.6 Å². The number of aromatic amines is 1. The summed E-state index contributed by atoms with van der Waals surface area (Å²) < 4.78 is 39.8. The second-order valence-electron chi connectivity index (χ2n) is 6.45. The van der Waals surface area contributed by atoms with E-state index in [1.807, 2.05) is 24.8 Å². The fourth-order valence-electron chi connectivity index (χ4n) is 3.26. The molecule has 0 saturated heterocycles. The molecule has 4 heterocycles. The third-order valence-corrected chi connectivity index (χ3v) is 4.66. The second-order valence-corrected chi connectivity index (χ2v) is 6.45. The number of hydrogen-bond donors (Lipinski definition) is 1. The molecule has 3 aromatic heterocycles. The Bertz CT molecular complexity index is 1040. The van der Waals surface area contributed by atoms with Crippen LogP contribution in [0.2, 0.25) is 0 Å². The first-order valence-corrected chi connectivity index (χ1v) is 9.34. The molecule has 9 heteroatoms. The number of pyridine rings is 2. The smallest absolute Gasteiger partial charge is 0.352 e. The summed E-state index contributed by atoms with van der Waals surface area (Å²) in [6, 6.07) is 5.33. The van der Waals surface area contributed by atoms with Gasteiger partial charge in [0.2, 0.25) is 0 Å². The number of nitrogens with one attached hydrogen (secondary N) is 1. The average molecular weight is 405 g/mol. The van der Waals surface area contributed by atoms with E-state index in [9.17, 15) is 18.0 Å². The van der Waals surface area contributed by atoms with Crippen LogP contribution in [0.3, 0.4) is 0 Å². The molecule has 0 spiro atoms. The van der Waals surface area contributed by atoms with Gasteiger partial charge >= 0.3 is 6.18 Å². The third kappa shape index (κ3) is 4.18. The van der Waals surface area contributed by atoms with Gasteiger partial charge < -0.3 is 14.5 Å². The summed E-state index contributed by atoms with van der Waals surface area (Å²) in [5.74, 6) is 0.861. The van der Waals surface area contributed by atoms with E-state index in [0.717, 1.165) is 18.2 Å². The predicted octanol–water partition coefficient (Wildman–Crippen LogP) is 3.78. The fourth-order valence-corrected chi connectivity index (χ4v) is 3.26. The monoisotopic (exact) mass is 405 g/mol. The number of halogens is 3. The lowest BCUT2D eigenvalue weighted by molar-refractivity contribution is -0.140. The van der Waals surface area contributed by atoms with Crippen molar-refractivity contribution in [2.75, 3.05) is 11.4 Å². The van der Waals surface area contributed by atoms with Crippen LogP contribution in [0.5, 0.6) is 0 Å². The third-order valence-electron chi connectivity index (χ3n) is 4.66. The number of hydrogen-bond acceptors (Lipinski definition) is 4. The van der Waals surface area contributed by atoms with Gasteiger partial charge in [0.15, 0.2) is 5.69 Å². The molecule has 1 aliphatic rings. The van der Waals surface area contributed by atoms with E-state index in [-0.39, 0.29) is 11.4 Å². The first-order chi connectivity index (χ1) is 13.8. The second kappa shape index (κ2) is 8.10. The van der Waals surface area contributed by atoms with Gasteiger partial charge in [-0.15, -0.1) is 0 Å². The molecule has 6 nitrogen and oxygen atoms in total. The van der Waals surface area contributed by atoms with E-state index in [4.69, 9.17) is 0 Å². The highest BCUT2D eigenvalue weighted by atomic mass is 19.4. The number of nitrogens with zero attached hydrogens (tertiary/aromatic N) is 4. The van der Waals surface area contributed by atoms with Crippen LogP contribution in [-0.4, -0.2) is 26.1 Å². The molecule has 0 fully saturated rings. The Hall–Kier alpha value is -3.10. The van der Waals surface area contributed by atoms with Crippen LogP contribution in [0.25, 0.3) is 11.4 Å². The van der Waals surface area contributed by atoms with Gasteiger partial charge in [-0.05, 0) is 30.2 Å². The molecule has 0 saturated carbocycles. The van der Waals surface area contributed by atoms with Gasteiger partial charge in [-0.25, -0.2) is 9.97 Å². The standard InChI is InChI=1S/C18H16F3N5O.C2H6/c1-25-10-14(18(19,20)21)24-16(25)12-2-3-15(23-8-12)26-7-5-11-4-6-22-17(27)13(11)9-26;1-2/h2-4,6,8,10H,5,7,9H2,1H3,(H,22,27);1-2H3. The number of aryl methyl sites for hydroxylation is 1. The lowest BCUT2D eigenvalue weighted by Gasteiger charge is -2.29. The highest BCUT2D eigenvalue weighted by molar-refractivity contribution is 5.58. The Morgan fingerprint density at radius 1 is 1.17 bits per heavy atom. The van der Waals surface area contributed by atoms with Crippen molar-refractivity contribution in [2.24, 2.45) is 7.05 Å². The molecule has 0 aliphatic carbocycles.